The van der Waals surface area contributed by atoms with Crippen molar-refractivity contribution in [3.8, 4) is 39.4 Å². The Morgan fingerprint density at radius 1 is 0.643 bits per heavy atom. The van der Waals surface area contributed by atoms with E-state index in [1.165, 1.54) is 10.8 Å². The zero-order valence-electron chi connectivity index (χ0n) is 22.5. The number of para-hydroxylation sites is 1. The number of benzene rings is 5. The van der Waals surface area contributed by atoms with Crippen LogP contribution in [-0.2, 0) is 59.4 Å². The molecule has 0 spiro atoms. The Morgan fingerprint density at radius 3 is 2.07 bits per heavy atom. The van der Waals surface area contributed by atoms with Gasteiger partial charge in [-0.15, -0.1) is 42.0 Å². The summed E-state index contributed by atoms with van der Waals surface area (Å²) in [6, 6.07) is 51.2. The number of hydrogen-bond donors (Lipinski definition) is 0. The molecule has 0 amide bonds. The molecule has 5 aromatic carbocycles. The molecule has 0 unspecified atom stereocenters. The molecule has 0 saturated heterocycles. The average Bonchev–Trinajstić information content (AvgIpc) is 3.04. The van der Waals surface area contributed by atoms with Gasteiger partial charge in [0.1, 0.15) is 5.75 Å². The smallest absolute Gasteiger partial charge is 0.141 e. The Balaban J connectivity index is 0.000000172. The Kier molecular flexibility index (Phi) is 9.72. The van der Waals surface area contributed by atoms with Crippen molar-refractivity contribution in [3.05, 3.63) is 151 Å². The van der Waals surface area contributed by atoms with Gasteiger partial charge in [-0.1, -0.05) is 48.5 Å². The van der Waals surface area contributed by atoms with Gasteiger partial charge in [0.25, 0.3) is 0 Å². The van der Waals surface area contributed by atoms with Gasteiger partial charge < -0.3 is 26.9 Å². The molecule has 42 heavy (non-hydrogen) atoms. The van der Waals surface area contributed by atoms with E-state index in [1.54, 1.807) is 0 Å². The first-order valence-electron chi connectivity index (χ1n) is 13.1. The van der Waals surface area contributed by atoms with Crippen molar-refractivity contribution >= 4 is 21.7 Å². The van der Waals surface area contributed by atoms with Crippen LogP contribution in [0.1, 0.15) is 5.56 Å². The first kappa shape index (κ1) is 29.9. The minimum Gasteiger partial charge on any atom is -0.505 e. The number of ether oxygens (including phenoxy) is 1. The third kappa shape index (κ3) is 6.14. The fourth-order valence-corrected chi connectivity index (χ4v) is 4.94. The van der Waals surface area contributed by atoms with Crippen molar-refractivity contribution in [2.24, 2.45) is 0 Å². The van der Waals surface area contributed by atoms with E-state index in [-0.39, 0.29) is 52.8 Å². The summed E-state index contributed by atoms with van der Waals surface area (Å²) in [6.45, 7) is 0.494. The summed E-state index contributed by atoms with van der Waals surface area (Å²) < 4.78 is 6.00. The molecule has 0 saturated carbocycles. The zero-order chi connectivity index (χ0) is 26.7. The molecule has 5 heteroatoms. The van der Waals surface area contributed by atoms with E-state index in [1.807, 2.05) is 97.2 Å². The summed E-state index contributed by atoms with van der Waals surface area (Å²) in [5.74, 6) is 0.812. The molecule has 3 nitrogen and oxygen atoms in total. The summed E-state index contributed by atoms with van der Waals surface area (Å²) in [5, 5.41) is 3.46. The molecule has 202 valence electrons. The molecular weight excluding hydrogens is 770 g/mol. The number of hydrogen-bond acceptors (Lipinski definition) is 3. The standard InChI is InChI=1S/C22H12NO.C15H10N.Ir.Y/c1-2-7-15(8-3-1)17-10-6-11-18-19(17)14-24-21-13-16-9-4-5-12-20(16)23-22(18)21;1-2-6-12(7-3-1)15-10-13-8-4-5-9-14(13)11-16-15;;/h1-7,9,12-13H,14H2;1-6,8-11H;;/q-3;-1;;. The van der Waals surface area contributed by atoms with Gasteiger partial charge >= 0.3 is 0 Å². The van der Waals surface area contributed by atoms with Crippen LogP contribution in [-0.4, -0.2) is 9.97 Å². The second-order valence-corrected chi connectivity index (χ2v) is 9.45. The quantitative estimate of drug-likeness (QED) is 0.165. The van der Waals surface area contributed by atoms with Crippen LogP contribution in [0.3, 0.4) is 0 Å². The van der Waals surface area contributed by atoms with E-state index in [4.69, 9.17) is 9.72 Å². The largest absolute Gasteiger partial charge is 0.505 e. The maximum Gasteiger partial charge on any atom is 0.141 e. The molecular formula is C37H22IrN2OY-4. The zero-order valence-corrected chi connectivity index (χ0v) is 27.7. The molecule has 0 N–H and O–H groups in total. The first-order valence-corrected chi connectivity index (χ1v) is 13.1. The van der Waals surface area contributed by atoms with Gasteiger partial charge in [-0.3, -0.25) is 12.1 Å². The third-order valence-electron chi connectivity index (χ3n) is 6.93. The predicted octanol–water partition coefficient (Wildman–Crippen LogP) is 8.56. The number of aromatic nitrogens is 2. The van der Waals surface area contributed by atoms with Crippen LogP contribution in [0.25, 0.3) is 55.3 Å². The minimum absolute atomic E-state index is 0. The van der Waals surface area contributed by atoms with Crippen LogP contribution >= 0.6 is 0 Å². The van der Waals surface area contributed by atoms with Gasteiger partial charge in [0.05, 0.1) is 11.2 Å². The van der Waals surface area contributed by atoms with E-state index < -0.39 is 0 Å². The monoisotopic (exact) mass is 792 g/mol. The molecule has 0 atom stereocenters. The van der Waals surface area contributed by atoms with Crippen molar-refractivity contribution < 1.29 is 57.6 Å². The molecule has 7 aromatic rings. The molecule has 8 rings (SSSR count). The molecule has 0 aliphatic carbocycles. The summed E-state index contributed by atoms with van der Waals surface area (Å²) in [5.41, 5.74) is 7.89. The van der Waals surface area contributed by atoms with E-state index in [0.29, 0.717) is 6.61 Å². The number of fused-ring (bicyclic) bond motifs is 5. The normalized spacial score (nSPS) is 11.0. The maximum absolute atomic E-state index is 6.00. The van der Waals surface area contributed by atoms with Crippen molar-refractivity contribution in [2.45, 2.75) is 6.61 Å². The molecule has 1 aliphatic rings. The van der Waals surface area contributed by atoms with Crippen molar-refractivity contribution in [3.63, 3.8) is 0 Å². The number of pyridine rings is 2. The Hall–Kier alpha value is -3.53. The number of rotatable bonds is 2. The van der Waals surface area contributed by atoms with Crippen LogP contribution in [0.15, 0.2) is 121 Å². The van der Waals surface area contributed by atoms with Gasteiger partial charge in [0.15, 0.2) is 0 Å². The minimum atomic E-state index is 0. The van der Waals surface area contributed by atoms with E-state index >= 15 is 0 Å². The van der Waals surface area contributed by atoms with Crippen LogP contribution in [0.5, 0.6) is 5.75 Å². The predicted molar refractivity (Wildman–Crippen MR) is 159 cm³/mol. The first-order chi connectivity index (χ1) is 19.8. The molecule has 3 heterocycles. The average molecular weight is 792 g/mol. The molecule has 0 fully saturated rings. The maximum atomic E-state index is 6.00. The van der Waals surface area contributed by atoms with Gasteiger partial charge in [0.2, 0.25) is 0 Å². The van der Waals surface area contributed by atoms with Crippen molar-refractivity contribution in [1.29, 1.82) is 0 Å². The van der Waals surface area contributed by atoms with E-state index in [2.05, 4.69) is 53.5 Å². The summed E-state index contributed by atoms with van der Waals surface area (Å²) in [4.78, 5) is 9.26. The Morgan fingerprint density at radius 2 is 1.31 bits per heavy atom. The van der Waals surface area contributed by atoms with Crippen LogP contribution < -0.4 is 4.74 Å². The fraction of sp³-hybridized carbons (Fsp3) is 0.0270. The molecule has 2 radical (unpaired) electrons. The van der Waals surface area contributed by atoms with Gasteiger partial charge in [-0.25, -0.2) is 22.7 Å². The van der Waals surface area contributed by atoms with Crippen LogP contribution in [0, 0.1) is 24.3 Å². The SMILES string of the molecule is [Ir].[Y].[c-]1ccccc1-c1[c-]c[c-]c2c1COc1cc3ccccc3nc1-2.[c-]1ccccc1-c1cc2ccccc2cn1. The van der Waals surface area contributed by atoms with Gasteiger partial charge in [-0.05, 0) is 28.6 Å². The van der Waals surface area contributed by atoms with Crippen molar-refractivity contribution in [2.75, 3.05) is 0 Å². The second-order valence-electron chi connectivity index (χ2n) is 9.45. The second kappa shape index (κ2) is 13.6. The Labute approximate surface area is 284 Å². The Bertz CT molecular complexity index is 1960. The summed E-state index contributed by atoms with van der Waals surface area (Å²) in [7, 11) is 0. The van der Waals surface area contributed by atoms with E-state index in [0.717, 1.165) is 55.9 Å². The number of nitrogens with zero attached hydrogens (tertiary/aromatic N) is 2. The molecule has 1 aliphatic heterocycles. The van der Waals surface area contributed by atoms with Gasteiger partial charge in [0, 0.05) is 71.0 Å². The summed E-state index contributed by atoms with van der Waals surface area (Å²) in [6.07, 6.45) is 1.91. The molecule has 2 aromatic heterocycles. The van der Waals surface area contributed by atoms with Crippen molar-refractivity contribution in [1.82, 2.24) is 9.97 Å². The van der Waals surface area contributed by atoms with Crippen LogP contribution in [0.4, 0.5) is 0 Å². The molecule has 0 bridgehead atoms. The van der Waals surface area contributed by atoms with Gasteiger partial charge in [-0.2, -0.15) is 17.7 Å². The third-order valence-corrected chi connectivity index (χ3v) is 6.93. The topological polar surface area (TPSA) is 35.0 Å². The fourth-order valence-electron chi connectivity index (χ4n) is 4.94. The summed E-state index contributed by atoms with van der Waals surface area (Å²) >= 11 is 0. The van der Waals surface area contributed by atoms with Crippen LogP contribution in [0.2, 0.25) is 0 Å². The van der Waals surface area contributed by atoms with E-state index in [9.17, 15) is 0 Å².